The molecule has 3 aromatic rings. The van der Waals surface area contributed by atoms with E-state index in [9.17, 15) is 22.0 Å². The first-order valence-corrected chi connectivity index (χ1v) is 10.5. The van der Waals surface area contributed by atoms with Crippen molar-refractivity contribution in [3.05, 3.63) is 96.1 Å². The van der Waals surface area contributed by atoms with E-state index in [1.54, 1.807) is 30.3 Å². The molecule has 3 N–H and O–H groups in total. The molecule has 156 valence electrons. The van der Waals surface area contributed by atoms with Gasteiger partial charge in [-0.15, -0.1) is 0 Å². The van der Waals surface area contributed by atoms with E-state index in [-0.39, 0.29) is 6.42 Å². The summed E-state index contributed by atoms with van der Waals surface area (Å²) in [6.45, 7) is 0. The number of halogens is 2. The van der Waals surface area contributed by atoms with E-state index < -0.39 is 38.5 Å². The van der Waals surface area contributed by atoms with Crippen LogP contribution in [0.5, 0.6) is 0 Å². The van der Waals surface area contributed by atoms with Crippen molar-refractivity contribution in [3.8, 4) is 0 Å². The molecule has 0 aliphatic carbocycles. The summed E-state index contributed by atoms with van der Waals surface area (Å²) in [5, 5.41) is 0. The van der Waals surface area contributed by atoms with Gasteiger partial charge in [-0.25, -0.2) is 17.2 Å². The van der Waals surface area contributed by atoms with E-state index >= 15 is 0 Å². The molecular weight excluding hydrogens is 412 g/mol. The number of benzene rings is 3. The summed E-state index contributed by atoms with van der Waals surface area (Å²) in [5.74, 6) is -2.05. The van der Waals surface area contributed by atoms with Crippen LogP contribution in [-0.4, -0.2) is 20.4 Å². The van der Waals surface area contributed by atoms with Crippen molar-refractivity contribution in [2.45, 2.75) is 17.4 Å². The van der Waals surface area contributed by atoms with Gasteiger partial charge in [0.15, 0.2) is 0 Å². The van der Waals surface area contributed by atoms with Crippen LogP contribution in [0.1, 0.15) is 5.56 Å². The Kier molecular flexibility index (Phi) is 6.76. The molecule has 9 heteroatoms. The van der Waals surface area contributed by atoms with Crippen molar-refractivity contribution in [2.75, 3.05) is 5.43 Å². The molecule has 0 unspecified atom stereocenters. The third-order valence-electron chi connectivity index (χ3n) is 4.20. The normalized spacial score (nSPS) is 12.2. The van der Waals surface area contributed by atoms with Gasteiger partial charge in [-0.2, -0.15) is 4.72 Å². The molecule has 3 rings (SSSR count). The molecule has 0 saturated heterocycles. The zero-order valence-electron chi connectivity index (χ0n) is 15.7. The molecule has 0 aromatic heterocycles. The zero-order valence-corrected chi connectivity index (χ0v) is 16.5. The minimum atomic E-state index is -4.31. The van der Waals surface area contributed by atoms with Crippen LogP contribution in [0.15, 0.2) is 83.8 Å². The molecule has 3 aromatic carbocycles. The molecule has 0 heterocycles. The van der Waals surface area contributed by atoms with Crippen molar-refractivity contribution in [1.29, 1.82) is 0 Å². The maximum Gasteiger partial charge on any atom is 0.256 e. The number of hydrogen-bond acceptors (Lipinski definition) is 4. The van der Waals surface area contributed by atoms with E-state index in [2.05, 4.69) is 15.6 Å². The first-order valence-electron chi connectivity index (χ1n) is 8.97. The fraction of sp³-hybridized carbons (Fsp3) is 0.0952. The average molecular weight is 431 g/mol. The topological polar surface area (TPSA) is 87.3 Å². The lowest BCUT2D eigenvalue weighted by atomic mass is 10.1. The van der Waals surface area contributed by atoms with Crippen LogP contribution in [-0.2, 0) is 21.2 Å². The Hall–Kier alpha value is -3.30. The van der Waals surface area contributed by atoms with E-state index in [4.69, 9.17) is 0 Å². The average Bonchev–Trinajstić information content (AvgIpc) is 2.73. The molecule has 0 saturated carbocycles. The minimum absolute atomic E-state index is 0.0332. The number of hydrazine groups is 1. The van der Waals surface area contributed by atoms with Crippen molar-refractivity contribution in [2.24, 2.45) is 0 Å². The van der Waals surface area contributed by atoms with Gasteiger partial charge in [0.25, 0.3) is 5.91 Å². The number of rotatable bonds is 8. The Morgan fingerprint density at radius 1 is 0.867 bits per heavy atom. The first-order chi connectivity index (χ1) is 14.3. The van der Waals surface area contributed by atoms with E-state index in [0.29, 0.717) is 11.3 Å². The number of sulfonamides is 1. The highest BCUT2D eigenvalue weighted by Crippen LogP contribution is 2.15. The molecule has 0 aliphatic rings. The molecule has 0 radical (unpaired) electrons. The summed E-state index contributed by atoms with van der Waals surface area (Å²) in [6.07, 6.45) is 0.0332. The summed E-state index contributed by atoms with van der Waals surface area (Å²) in [5.41, 5.74) is 6.10. The number of amides is 1. The standard InChI is InChI=1S/C21H19F2N3O3S/c22-16-10-12-17(13-11-16)24-25-21(27)19(14-15-6-2-1-3-7-15)26-30(28,29)20-9-5-4-8-18(20)23/h1-13,19,24,26H,14H2,(H,25,27)/t19-/m0/s1. The second kappa shape index (κ2) is 9.47. The third-order valence-corrected chi connectivity index (χ3v) is 5.70. The number of hydrogen-bond donors (Lipinski definition) is 3. The van der Waals surface area contributed by atoms with Crippen molar-refractivity contribution < 1.29 is 22.0 Å². The van der Waals surface area contributed by atoms with Gasteiger partial charge in [0.2, 0.25) is 10.0 Å². The lowest BCUT2D eigenvalue weighted by molar-refractivity contribution is -0.122. The number of anilines is 1. The number of carbonyl (C=O) groups is 1. The fourth-order valence-corrected chi connectivity index (χ4v) is 3.98. The predicted octanol–water partition coefficient (Wildman–Crippen LogP) is 3.00. The molecule has 30 heavy (non-hydrogen) atoms. The summed E-state index contributed by atoms with van der Waals surface area (Å²) < 4.78 is 54.6. The molecule has 0 aliphatic heterocycles. The van der Waals surface area contributed by atoms with Gasteiger partial charge in [-0.3, -0.25) is 15.6 Å². The van der Waals surface area contributed by atoms with Crippen molar-refractivity contribution in [1.82, 2.24) is 10.1 Å². The molecule has 0 fully saturated rings. The van der Waals surface area contributed by atoms with Crippen LogP contribution < -0.4 is 15.6 Å². The van der Waals surface area contributed by atoms with Gasteiger partial charge in [0.05, 0.1) is 5.69 Å². The molecule has 1 atom stereocenters. The van der Waals surface area contributed by atoms with Gasteiger partial charge >= 0.3 is 0 Å². The van der Waals surface area contributed by atoms with E-state index in [0.717, 1.165) is 12.1 Å². The Morgan fingerprint density at radius 3 is 2.17 bits per heavy atom. The Balaban J connectivity index is 1.79. The second-order valence-electron chi connectivity index (χ2n) is 6.42. The lowest BCUT2D eigenvalue weighted by Crippen LogP contribution is -2.49. The highest BCUT2D eigenvalue weighted by molar-refractivity contribution is 7.89. The second-order valence-corrected chi connectivity index (χ2v) is 8.10. The summed E-state index contributed by atoms with van der Waals surface area (Å²) in [4.78, 5) is 12.2. The Bertz CT molecular complexity index is 1110. The monoisotopic (exact) mass is 431 g/mol. The SMILES string of the molecule is O=C(NNc1ccc(F)cc1)[C@H](Cc1ccccc1)NS(=O)(=O)c1ccccc1F. The number of carbonyl (C=O) groups excluding carboxylic acids is 1. The Morgan fingerprint density at radius 2 is 1.50 bits per heavy atom. The molecule has 6 nitrogen and oxygen atoms in total. The maximum atomic E-state index is 14.0. The largest absolute Gasteiger partial charge is 0.299 e. The van der Waals surface area contributed by atoms with Crippen LogP contribution in [0.4, 0.5) is 14.5 Å². The van der Waals surface area contributed by atoms with Crippen molar-refractivity contribution >= 4 is 21.6 Å². The quantitative estimate of drug-likeness (QED) is 0.479. The van der Waals surface area contributed by atoms with Gasteiger partial charge in [0, 0.05) is 0 Å². The van der Waals surface area contributed by atoms with Crippen LogP contribution in [0, 0.1) is 11.6 Å². The lowest BCUT2D eigenvalue weighted by Gasteiger charge is -2.19. The van der Waals surface area contributed by atoms with Gasteiger partial charge in [0.1, 0.15) is 22.6 Å². The van der Waals surface area contributed by atoms with E-state index in [1.165, 1.54) is 36.4 Å². The maximum absolute atomic E-state index is 14.0. The van der Waals surface area contributed by atoms with Crippen LogP contribution >= 0.6 is 0 Å². The molecular formula is C21H19F2N3O3S. The predicted molar refractivity (Wildman–Crippen MR) is 109 cm³/mol. The molecule has 1 amide bonds. The molecule has 0 spiro atoms. The third kappa shape index (κ3) is 5.62. The highest BCUT2D eigenvalue weighted by Gasteiger charge is 2.28. The van der Waals surface area contributed by atoms with E-state index in [1.807, 2.05) is 0 Å². The van der Waals surface area contributed by atoms with Crippen molar-refractivity contribution in [3.63, 3.8) is 0 Å². The summed E-state index contributed by atoms with van der Waals surface area (Å²) in [7, 11) is -4.31. The van der Waals surface area contributed by atoms with Crippen LogP contribution in [0.2, 0.25) is 0 Å². The molecule has 0 bridgehead atoms. The minimum Gasteiger partial charge on any atom is -0.299 e. The zero-order chi connectivity index (χ0) is 21.6. The smallest absolute Gasteiger partial charge is 0.256 e. The summed E-state index contributed by atoms with van der Waals surface area (Å²) in [6, 6.07) is 17.7. The van der Waals surface area contributed by atoms with Crippen LogP contribution in [0.25, 0.3) is 0 Å². The van der Waals surface area contributed by atoms with Crippen LogP contribution in [0.3, 0.4) is 0 Å². The van der Waals surface area contributed by atoms with Gasteiger partial charge in [-0.1, -0.05) is 42.5 Å². The van der Waals surface area contributed by atoms with Gasteiger partial charge in [-0.05, 0) is 48.4 Å². The first kappa shape index (κ1) is 21.4. The van der Waals surface area contributed by atoms with Gasteiger partial charge < -0.3 is 0 Å². The number of nitrogens with one attached hydrogen (secondary N) is 3. The highest BCUT2D eigenvalue weighted by atomic mass is 32.2. The Labute approximate surface area is 173 Å². The summed E-state index contributed by atoms with van der Waals surface area (Å²) >= 11 is 0. The fourth-order valence-electron chi connectivity index (χ4n) is 2.71.